The number of hydrogen-bond donors (Lipinski definition) is 0. The van der Waals surface area contributed by atoms with Crippen LogP contribution >= 0.6 is 32.9 Å². The van der Waals surface area contributed by atoms with Gasteiger partial charge in [-0.15, -0.1) is 11.3 Å². The van der Waals surface area contributed by atoms with Gasteiger partial charge in [-0.3, -0.25) is 0 Å². The van der Waals surface area contributed by atoms with Crippen molar-refractivity contribution in [1.82, 2.24) is 4.98 Å². The molecule has 2 aliphatic rings. The Morgan fingerprint density at radius 2 is 1.35 bits per heavy atom. The van der Waals surface area contributed by atoms with Crippen LogP contribution < -0.4 is 0 Å². The van der Waals surface area contributed by atoms with Gasteiger partial charge in [0.05, 0.1) is 15.7 Å². The van der Waals surface area contributed by atoms with Crippen molar-refractivity contribution < 1.29 is 0 Å². The summed E-state index contributed by atoms with van der Waals surface area (Å²) in [7, 11) is 4.44. The third kappa shape index (κ3) is 5.99. The zero-order valence-corrected chi connectivity index (χ0v) is 16.2. The van der Waals surface area contributed by atoms with Crippen molar-refractivity contribution in [2.75, 3.05) is 0 Å². The monoisotopic (exact) mass is 365 g/mol. The molecule has 126 valence electrons. The van der Waals surface area contributed by atoms with Crippen LogP contribution in [0.1, 0.15) is 64.2 Å². The lowest BCUT2D eigenvalue weighted by atomic mass is 10.0. The van der Waals surface area contributed by atoms with Crippen molar-refractivity contribution in [2.24, 2.45) is 0 Å². The van der Waals surface area contributed by atoms with Crippen LogP contribution in [-0.4, -0.2) is 15.5 Å². The molecule has 4 rings (SSSR count). The fourth-order valence-electron chi connectivity index (χ4n) is 3.28. The number of fused-ring (bicyclic) bond motifs is 1. The number of thiazole rings is 1. The van der Waals surface area contributed by atoms with E-state index in [0.29, 0.717) is 0 Å². The summed E-state index contributed by atoms with van der Waals surface area (Å²) in [6, 6.07) is 8.13. The molecule has 0 atom stereocenters. The second kappa shape index (κ2) is 9.95. The molecule has 1 nitrogen and oxygen atoms in total. The van der Waals surface area contributed by atoms with E-state index < -0.39 is 0 Å². The summed E-state index contributed by atoms with van der Waals surface area (Å²) >= 11 is 1.68. The molecule has 2 saturated carbocycles. The molecule has 0 bridgehead atoms. The zero-order valence-electron chi connectivity index (χ0n) is 13.8. The van der Waals surface area contributed by atoms with Crippen molar-refractivity contribution in [3.8, 4) is 0 Å². The van der Waals surface area contributed by atoms with E-state index in [1.54, 1.807) is 11.3 Å². The lowest BCUT2D eigenvalue weighted by Crippen LogP contribution is -2.10. The van der Waals surface area contributed by atoms with Crippen molar-refractivity contribution in [3.63, 3.8) is 0 Å². The maximum Gasteiger partial charge on any atom is 0.0812 e. The molecule has 0 spiro atoms. The molecule has 0 amide bonds. The van der Waals surface area contributed by atoms with Crippen LogP contribution in [0.2, 0.25) is 0 Å². The van der Waals surface area contributed by atoms with Gasteiger partial charge in [-0.1, -0.05) is 72.2 Å². The predicted molar refractivity (Wildman–Crippen MR) is 109 cm³/mol. The standard InChI is InChI=1S/C12H22S2.C7H5NS/c1-3-7-11(8-4-1)13-14-12-9-5-2-6-10-12;1-2-4-7-6(3-1)8-5-9-7/h11-12H,1-10H2;1-5H. The average Bonchev–Trinajstić information content (AvgIpc) is 3.11. The normalized spacial score (nSPS) is 20.2. The first kappa shape index (κ1) is 17.6. The molecule has 4 heteroatoms. The number of para-hydroxylation sites is 1. The van der Waals surface area contributed by atoms with Crippen LogP contribution in [0.4, 0.5) is 0 Å². The first-order valence-electron chi connectivity index (χ1n) is 9.02. The molecule has 1 aromatic carbocycles. The van der Waals surface area contributed by atoms with Gasteiger partial charge in [0.2, 0.25) is 0 Å². The quantitative estimate of drug-likeness (QED) is 0.528. The van der Waals surface area contributed by atoms with Crippen molar-refractivity contribution in [3.05, 3.63) is 29.8 Å². The molecule has 0 N–H and O–H groups in total. The Morgan fingerprint density at radius 1 is 0.783 bits per heavy atom. The summed E-state index contributed by atoms with van der Waals surface area (Å²) in [5.41, 5.74) is 2.97. The molecule has 0 aliphatic heterocycles. The molecule has 2 aromatic rings. The Labute approximate surface area is 152 Å². The van der Waals surface area contributed by atoms with Gasteiger partial charge >= 0.3 is 0 Å². The van der Waals surface area contributed by atoms with E-state index in [0.717, 1.165) is 16.0 Å². The third-order valence-corrected chi connectivity index (χ3v) is 9.04. The highest BCUT2D eigenvalue weighted by Crippen LogP contribution is 2.42. The number of benzene rings is 1. The average molecular weight is 366 g/mol. The highest BCUT2D eigenvalue weighted by molar-refractivity contribution is 8.77. The Kier molecular flexibility index (Phi) is 7.63. The predicted octanol–water partition coefficient (Wildman–Crippen LogP) is 7.33. The van der Waals surface area contributed by atoms with E-state index in [4.69, 9.17) is 0 Å². The van der Waals surface area contributed by atoms with Gasteiger partial charge < -0.3 is 0 Å². The zero-order chi connectivity index (χ0) is 15.7. The molecule has 0 radical (unpaired) electrons. The number of aromatic nitrogens is 1. The molecule has 0 unspecified atom stereocenters. The van der Waals surface area contributed by atoms with Gasteiger partial charge in [0.15, 0.2) is 0 Å². The summed E-state index contributed by atoms with van der Waals surface area (Å²) in [5, 5.41) is 1.99. The maximum absolute atomic E-state index is 4.14. The summed E-state index contributed by atoms with van der Waals surface area (Å²) in [4.78, 5) is 4.14. The summed E-state index contributed by atoms with van der Waals surface area (Å²) < 4.78 is 1.26. The maximum atomic E-state index is 4.14. The molecule has 2 fully saturated rings. The minimum atomic E-state index is 0.996. The summed E-state index contributed by atoms with van der Waals surface area (Å²) in [6.07, 6.45) is 14.9. The van der Waals surface area contributed by atoms with Crippen LogP contribution in [0.15, 0.2) is 29.8 Å². The van der Waals surface area contributed by atoms with Crippen LogP contribution in [0, 0.1) is 0 Å². The smallest absolute Gasteiger partial charge is 0.0812 e. The van der Waals surface area contributed by atoms with Gasteiger partial charge in [-0.05, 0) is 37.8 Å². The number of hydrogen-bond acceptors (Lipinski definition) is 4. The number of rotatable bonds is 3. The molecular weight excluding hydrogens is 338 g/mol. The highest BCUT2D eigenvalue weighted by Gasteiger charge is 2.18. The Morgan fingerprint density at radius 3 is 1.91 bits per heavy atom. The van der Waals surface area contributed by atoms with Gasteiger partial charge in [0.1, 0.15) is 0 Å². The second-order valence-electron chi connectivity index (χ2n) is 6.53. The topological polar surface area (TPSA) is 12.9 Å². The van der Waals surface area contributed by atoms with E-state index in [9.17, 15) is 0 Å². The third-order valence-electron chi connectivity index (χ3n) is 4.67. The molecular formula is C19H27NS3. The van der Waals surface area contributed by atoms with Crippen LogP contribution in [0.5, 0.6) is 0 Å². The fraction of sp³-hybridized carbons (Fsp3) is 0.632. The van der Waals surface area contributed by atoms with E-state index in [1.165, 1.54) is 68.9 Å². The van der Waals surface area contributed by atoms with Crippen LogP contribution in [0.3, 0.4) is 0 Å². The highest BCUT2D eigenvalue weighted by atomic mass is 33.1. The largest absolute Gasteiger partial charge is 0.245 e. The Balaban J connectivity index is 0.000000149. The van der Waals surface area contributed by atoms with E-state index in [1.807, 2.05) is 23.7 Å². The molecule has 1 aromatic heterocycles. The first-order chi connectivity index (χ1) is 11.4. The first-order valence-corrected chi connectivity index (χ1v) is 12.2. The van der Waals surface area contributed by atoms with E-state index >= 15 is 0 Å². The Hall–Kier alpha value is -0.190. The SMILES string of the molecule is C1CCC(SSC2CCCCC2)CC1.c1ccc2scnc2c1. The summed E-state index contributed by atoms with van der Waals surface area (Å²) in [5.74, 6) is 0. The molecule has 1 heterocycles. The van der Waals surface area contributed by atoms with Crippen LogP contribution in [0.25, 0.3) is 10.2 Å². The van der Waals surface area contributed by atoms with Gasteiger partial charge in [-0.25, -0.2) is 4.98 Å². The van der Waals surface area contributed by atoms with Crippen molar-refractivity contribution in [2.45, 2.75) is 74.7 Å². The minimum absolute atomic E-state index is 0.996. The van der Waals surface area contributed by atoms with E-state index in [-0.39, 0.29) is 0 Å². The lowest BCUT2D eigenvalue weighted by molar-refractivity contribution is 0.514. The second-order valence-corrected chi connectivity index (χ2v) is 10.3. The number of nitrogens with zero attached hydrogens (tertiary/aromatic N) is 1. The molecule has 2 aliphatic carbocycles. The van der Waals surface area contributed by atoms with Gasteiger partial charge in [0.25, 0.3) is 0 Å². The fourth-order valence-corrected chi connectivity index (χ4v) is 7.43. The van der Waals surface area contributed by atoms with Gasteiger partial charge in [-0.2, -0.15) is 0 Å². The van der Waals surface area contributed by atoms with Crippen molar-refractivity contribution in [1.29, 1.82) is 0 Å². The molecule has 23 heavy (non-hydrogen) atoms. The van der Waals surface area contributed by atoms with Crippen molar-refractivity contribution >= 4 is 43.1 Å². The minimum Gasteiger partial charge on any atom is -0.245 e. The molecule has 0 saturated heterocycles. The van der Waals surface area contributed by atoms with Gasteiger partial charge in [0, 0.05) is 10.5 Å². The Bertz CT molecular complexity index is 508. The van der Waals surface area contributed by atoms with Crippen LogP contribution in [-0.2, 0) is 0 Å². The van der Waals surface area contributed by atoms with E-state index in [2.05, 4.69) is 32.6 Å². The lowest BCUT2D eigenvalue weighted by Gasteiger charge is -2.25. The summed E-state index contributed by atoms with van der Waals surface area (Å²) in [6.45, 7) is 0.